The summed E-state index contributed by atoms with van der Waals surface area (Å²) in [6, 6.07) is 11.8. The number of nitrogens with one attached hydrogen (secondary N) is 1. The Morgan fingerprint density at radius 3 is 2.56 bits per heavy atom. The maximum Gasteiger partial charge on any atom is 0.253 e. The lowest BCUT2D eigenvalue weighted by Crippen LogP contribution is -2.48. The van der Waals surface area contributed by atoms with Crippen molar-refractivity contribution >= 4 is 23.1 Å². The molecule has 1 saturated heterocycles. The third kappa shape index (κ3) is 3.28. The van der Waals surface area contributed by atoms with Crippen molar-refractivity contribution in [1.82, 2.24) is 15.1 Å². The largest absolute Gasteiger partial charge is 0.352 e. The minimum Gasteiger partial charge on any atom is -0.352 e. The van der Waals surface area contributed by atoms with Gasteiger partial charge in [-0.25, -0.2) is 4.39 Å². The van der Waals surface area contributed by atoms with Crippen molar-refractivity contribution in [3.8, 4) is 10.6 Å². The highest BCUT2D eigenvalue weighted by atomic mass is 32.1. The van der Waals surface area contributed by atoms with Crippen molar-refractivity contribution in [2.45, 2.75) is 0 Å². The lowest BCUT2D eigenvalue weighted by atomic mass is 10.2. The third-order valence-corrected chi connectivity index (χ3v) is 5.24. The van der Waals surface area contributed by atoms with Crippen LogP contribution in [0.5, 0.6) is 0 Å². The highest BCUT2D eigenvalue weighted by molar-refractivity contribution is 7.13. The molecule has 3 aromatic rings. The van der Waals surface area contributed by atoms with Gasteiger partial charge in [0.05, 0.1) is 10.6 Å². The summed E-state index contributed by atoms with van der Waals surface area (Å²) in [6.07, 6.45) is 0. The normalized spacial score (nSPS) is 14.8. The van der Waals surface area contributed by atoms with Crippen LogP contribution in [0.3, 0.4) is 0 Å². The van der Waals surface area contributed by atoms with Gasteiger partial charge in [-0.3, -0.25) is 9.89 Å². The molecule has 0 saturated carbocycles. The Hall–Kier alpha value is -2.67. The average Bonchev–Trinajstić information content (AvgIpc) is 3.33. The number of rotatable bonds is 3. The SMILES string of the molecule is O=C(c1ccc(F)cc1)N1CCN(c2cc(-c3cccs3)[nH]n2)CC1. The summed E-state index contributed by atoms with van der Waals surface area (Å²) >= 11 is 1.67. The maximum atomic E-state index is 13.0. The van der Waals surface area contributed by atoms with Crippen molar-refractivity contribution in [1.29, 1.82) is 0 Å². The minimum atomic E-state index is -0.332. The van der Waals surface area contributed by atoms with E-state index in [9.17, 15) is 9.18 Å². The fraction of sp³-hybridized carbons (Fsp3) is 0.222. The number of nitrogens with zero attached hydrogens (tertiary/aromatic N) is 3. The van der Waals surface area contributed by atoms with Crippen LogP contribution in [0.4, 0.5) is 10.2 Å². The zero-order valence-corrected chi connectivity index (χ0v) is 14.3. The predicted octanol–water partition coefficient (Wildman–Crippen LogP) is 3.24. The second kappa shape index (κ2) is 6.68. The quantitative estimate of drug-likeness (QED) is 0.784. The summed E-state index contributed by atoms with van der Waals surface area (Å²) in [7, 11) is 0. The molecule has 25 heavy (non-hydrogen) atoms. The van der Waals surface area contributed by atoms with E-state index in [-0.39, 0.29) is 11.7 Å². The zero-order chi connectivity index (χ0) is 17.2. The Morgan fingerprint density at radius 1 is 1.12 bits per heavy atom. The summed E-state index contributed by atoms with van der Waals surface area (Å²) in [5.41, 5.74) is 1.53. The van der Waals surface area contributed by atoms with Gasteiger partial charge in [0.25, 0.3) is 5.91 Å². The molecule has 0 unspecified atom stereocenters. The molecule has 5 nitrogen and oxygen atoms in total. The molecule has 1 amide bonds. The first-order chi connectivity index (χ1) is 12.2. The predicted molar refractivity (Wildman–Crippen MR) is 96.4 cm³/mol. The second-order valence-electron chi connectivity index (χ2n) is 5.90. The minimum absolute atomic E-state index is 0.0547. The molecule has 3 heterocycles. The number of benzene rings is 1. The van der Waals surface area contributed by atoms with Crippen molar-refractivity contribution in [2.24, 2.45) is 0 Å². The first-order valence-corrected chi connectivity index (χ1v) is 8.98. The van der Waals surface area contributed by atoms with Crippen LogP contribution in [-0.4, -0.2) is 47.2 Å². The number of halogens is 1. The molecule has 0 radical (unpaired) electrons. The summed E-state index contributed by atoms with van der Waals surface area (Å²) in [5.74, 6) is 0.514. The summed E-state index contributed by atoms with van der Waals surface area (Å²) < 4.78 is 13.0. The van der Waals surface area contributed by atoms with Crippen LogP contribution in [0.15, 0.2) is 47.8 Å². The first kappa shape index (κ1) is 15.8. The van der Waals surface area contributed by atoms with E-state index in [1.54, 1.807) is 16.2 Å². The number of H-pyrrole nitrogens is 1. The number of piperazine rings is 1. The van der Waals surface area contributed by atoms with E-state index in [0.717, 1.165) is 29.5 Å². The van der Waals surface area contributed by atoms with Gasteiger partial charge >= 0.3 is 0 Å². The van der Waals surface area contributed by atoms with Crippen molar-refractivity contribution in [3.63, 3.8) is 0 Å². The highest BCUT2D eigenvalue weighted by Crippen LogP contribution is 2.26. The van der Waals surface area contributed by atoms with Crippen molar-refractivity contribution in [2.75, 3.05) is 31.1 Å². The van der Waals surface area contributed by atoms with Crippen LogP contribution in [-0.2, 0) is 0 Å². The van der Waals surface area contributed by atoms with Gasteiger partial charge in [-0.1, -0.05) is 6.07 Å². The van der Waals surface area contributed by atoms with E-state index in [4.69, 9.17) is 0 Å². The zero-order valence-electron chi connectivity index (χ0n) is 13.5. The summed E-state index contributed by atoms with van der Waals surface area (Å²) in [5, 5.41) is 9.51. The van der Waals surface area contributed by atoms with Crippen molar-refractivity contribution < 1.29 is 9.18 Å². The molecule has 1 aliphatic heterocycles. The van der Waals surface area contributed by atoms with E-state index in [1.807, 2.05) is 17.5 Å². The number of carbonyl (C=O) groups excluding carboxylic acids is 1. The average molecular weight is 356 g/mol. The second-order valence-corrected chi connectivity index (χ2v) is 6.85. The van der Waals surface area contributed by atoms with E-state index in [1.165, 1.54) is 24.3 Å². The smallest absolute Gasteiger partial charge is 0.253 e. The van der Waals surface area contributed by atoms with Crippen LogP contribution in [0.25, 0.3) is 10.6 Å². The fourth-order valence-electron chi connectivity index (χ4n) is 2.94. The summed E-state index contributed by atoms with van der Waals surface area (Å²) in [4.78, 5) is 17.6. The fourth-order valence-corrected chi connectivity index (χ4v) is 3.64. The molecule has 128 valence electrons. The number of hydrogen-bond donors (Lipinski definition) is 1. The van der Waals surface area contributed by atoms with Gasteiger partial charge in [-0.2, -0.15) is 5.10 Å². The van der Waals surface area contributed by atoms with Gasteiger partial charge in [0, 0.05) is 37.8 Å². The standard InChI is InChI=1S/C18H17FN4OS/c19-14-5-3-13(4-6-14)18(24)23-9-7-22(8-10-23)17-12-15(20-21-17)16-2-1-11-25-16/h1-6,11-12H,7-10H2,(H,20,21). The van der Waals surface area contributed by atoms with Gasteiger partial charge in [0.2, 0.25) is 0 Å². The Labute approximate surface area is 148 Å². The van der Waals surface area contributed by atoms with E-state index in [0.29, 0.717) is 18.7 Å². The van der Waals surface area contributed by atoms with Gasteiger partial charge < -0.3 is 9.80 Å². The van der Waals surface area contributed by atoms with Crippen LogP contribution in [0, 0.1) is 5.82 Å². The molecule has 2 aromatic heterocycles. The summed E-state index contributed by atoms with van der Waals surface area (Å²) in [6.45, 7) is 2.69. The molecule has 0 atom stereocenters. The van der Waals surface area contributed by atoms with Gasteiger partial charge in [-0.05, 0) is 35.7 Å². The Balaban J connectivity index is 1.40. The number of carbonyl (C=O) groups is 1. The molecule has 0 aliphatic carbocycles. The van der Waals surface area contributed by atoms with E-state index < -0.39 is 0 Å². The molecule has 1 aromatic carbocycles. The molecule has 1 fully saturated rings. The van der Waals surface area contributed by atoms with Crippen LogP contribution >= 0.6 is 11.3 Å². The number of aromatic amines is 1. The Kier molecular flexibility index (Phi) is 4.23. The number of aromatic nitrogens is 2. The molecule has 1 aliphatic rings. The van der Waals surface area contributed by atoms with Gasteiger partial charge in [0.1, 0.15) is 5.82 Å². The molecule has 1 N–H and O–H groups in total. The lowest BCUT2D eigenvalue weighted by Gasteiger charge is -2.34. The highest BCUT2D eigenvalue weighted by Gasteiger charge is 2.23. The van der Waals surface area contributed by atoms with Gasteiger partial charge in [-0.15, -0.1) is 11.3 Å². The molecule has 0 bridgehead atoms. The number of anilines is 1. The monoisotopic (exact) mass is 356 g/mol. The van der Waals surface area contributed by atoms with Crippen molar-refractivity contribution in [3.05, 3.63) is 59.2 Å². The molecule has 4 rings (SSSR count). The number of amides is 1. The molecule has 7 heteroatoms. The molecular formula is C18H17FN4OS. The maximum absolute atomic E-state index is 13.0. The number of thiophene rings is 1. The van der Waals surface area contributed by atoms with E-state index >= 15 is 0 Å². The van der Waals surface area contributed by atoms with E-state index in [2.05, 4.69) is 21.2 Å². The lowest BCUT2D eigenvalue weighted by molar-refractivity contribution is 0.0746. The first-order valence-electron chi connectivity index (χ1n) is 8.10. The van der Waals surface area contributed by atoms with Gasteiger partial charge in [0.15, 0.2) is 5.82 Å². The molecule has 0 spiro atoms. The van der Waals surface area contributed by atoms with Crippen LogP contribution in [0.1, 0.15) is 10.4 Å². The molecular weight excluding hydrogens is 339 g/mol. The topological polar surface area (TPSA) is 52.2 Å². The number of hydrogen-bond acceptors (Lipinski definition) is 4. The van der Waals surface area contributed by atoms with Crippen LogP contribution < -0.4 is 4.90 Å². The Bertz CT molecular complexity index is 852. The Morgan fingerprint density at radius 2 is 1.88 bits per heavy atom. The third-order valence-electron chi connectivity index (χ3n) is 4.33. The van der Waals surface area contributed by atoms with Crippen LogP contribution in [0.2, 0.25) is 0 Å².